The van der Waals surface area contributed by atoms with E-state index in [1.54, 1.807) is 31.2 Å². The number of rotatable bonds is 6. The number of nitrogens with one attached hydrogen (secondary N) is 1. The summed E-state index contributed by atoms with van der Waals surface area (Å²) in [6.07, 6.45) is 0. The van der Waals surface area contributed by atoms with Crippen molar-refractivity contribution in [1.29, 1.82) is 0 Å². The fourth-order valence-electron chi connectivity index (χ4n) is 2.57. The Morgan fingerprint density at radius 1 is 1.04 bits per heavy atom. The zero-order valence-electron chi connectivity index (χ0n) is 15.4. The molecule has 0 saturated carbocycles. The number of carbonyl (C=O) groups excluding carboxylic acids is 3. The van der Waals surface area contributed by atoms with Crippen molar-refractivity contribution in [2.75, 3.05) is 11.9 Å². The highest BCUT2D eigenvalue weighted by Gasteiger charge is 2.19. The van der Waals surface area contributed by atoms with Gasteiger partial charge in [0, 0.05) is 11.1 Å². The van der Waals surface area contributed by atoms with E-state index in [9.17, 15) is 14.4 Å². The number of amides is 1. The van der Waals surface area contributed by atoms with Crippen LogP contribution in [-0.4, -0.2) is 29.3 Å². The molecule has 0 spiro atoms. The molecule has 3 rings (SSSR count). The highest BCUT2D eigenvalue weighted by atomic mass is 32.1. The largest absolute Gasteiger partial charge is 0.451 e. The molecule has 1 heterocycles. The molecule has 2 aromatic carbocycles. The number of ether oxygens (including phenoxy) is 1. The third-order valence-corrected chi connectivity index (χ3v) is 5.10. The quantitative estimate of drug-likeness (QED) is 0.502. The van der Waals surface area contributed by atoms with Crippen LogP contribution in [0.3, 0.4) is 0 Å². The predicted molar refractivity (Wildman–Crippen MR) is 108 cm³/mol. The van der Waals surface area contributed by atoms with Crippen molar-refractivity contribution in [3.8, 4) is 10.6 Å². The van der Waals surface area contributed by atoms with Gasteiger partial charge in [-0.15, -0.1) is 11.3 Å². The van der Waals surface area contributed by atoms with Gasteiger partial charge in [0.1, 0.15) is 9.88 Å². The third-order valence-electron chi connectivity index (χ3n) is 3.92. The molecule has 3 aromatic rings. The normalized spacial score (nSPS) is 10.4. The van der Waals surface area contributed by atoms with Crippen LogP contribution in [0.15, 0.2) is 54.6 Å². The first-order chi connectivity index (χ1) is 13.5. The lowest BCUT2D eigenvalue weighted by Crippen LogP contribution is -2.21. The van der Waals surface area contributed by atoms with E-state index < -0.39 is 18.5 Å². The molecule has 0 fully saturated rings. The summed E-state index contributed by atoms with van der Waals surface area (Å²) in [6.45, 7) is 2.69. The summed E-state index contributed by atoms with van der Waals surface area (Å²) in [4.78, 5) is 40.9. The van der Waals surface area contributed by atoms with Gasteiger partial charge in [0.05, 0.1) is 11.4 Å². The van der Waals surface area contributed by atoms with Gasteiger partial charge in [-0.25, -0.2) is 9.78 Å². The number of Topliss-reactive ketones (excluding diaryl/α,β-unsaturated/α-hetero) is 1. The molecule has 1 N–H and O–H groups in total. The predicted octanol–water partition coefficient (Wildman–Crippen LogP) is 4.12. The van der Waals surface area contributed by atoms with Crippen LogP contribution in [0.2, 0.25) is 0 Å². The molecule has 0 aliphatic rings. The minimum Gasteiger partial charge on any atom is -0.451 e. The lowest BCUT2D eigenvalue weighted by Gasteiger charge is -2.09. The molecule has 0 atom stereocenters. The number of ketones is 1. The minimum absolute atomic E-state index is 0.165. The van der Waals surface area contributed by atoms with Crippen LogP contribution < -0.4 is 5.32 Å². The Bertz CT molecular complexity index is 1030. The van der Waals surface area contributed by atoms with Crippen LogP contribution in [0.1, 0.15) is 32.6 Å². The van der Waals surface area contributed by atoms with Crippen molar-refractivity contribution in [3.63, 3.8) is 0 Å². The summed E-state index contributed by atoms with van der Waals surface area (Å²) in [7, 11) is 0. The SMILES string of the molecule is CC(=O)c1ccccc1NC(=O)COC(=O)c1sc(-c2ccccc2)nc1C. The zero-order valence-corrected chi connectivity index (χ0v) is 16.2. The summed E-state index contributed by atoms with van der Waals surface area (Å²) < 4.78 is 5.13. The standard InChI is InChI=1S/C21H18N2O4S/c1-13-19(28-20(22-13)15-8-4-3-5-9-15)21(26)27-12-18(25)23-17-11-7-6-10-16(17)14(2)24/h3-11H,12H2,1-2H3,(H,23,25). The van der Waals surface area contributed by atoms with Crippen LogP contribution in [0.5, 0.6) is 0 Å². The van der Waals surface area contributed by atoms with E-state index in [2.05, 4.69) is 10.3 Å². The Morgan fingerprint density at radius 2 is 1.71 bits per heavy atom. The summed E-state index contributed by atoms with van der Waals surface area (Å²) in [5.74, 6) is -1.29. The number of para-hydroxylation sites is 1. The number of nitrogens with zero attached hydrogens (tertiary/aromatic N) is 1. The van der Waals surface area contributed by atoms with Crippen LogP contribution in [0, 0.1) is 6.92 Å². The molecule has 0 bridgehead atoms. The first-order valence-electron chi connectivity index (χ1n) is 8.55. The van der Waals surface area contributed by atoms with Gasteiger partial charge in [0.25, 0.3) is 5.91 Å². The van der Waals surface area contributed by atoms with E-state index in [1.165, 1.54) is 18.3 Å². The van der Waals surface area contributed by atoms with Crippen LogP contribution in [0.25, 0.3) is 10.6 Å². The Hall–Kier alpha value is -3.32. The average molecular weight is 394 g/mol. The molecule has 0 aliphatic carbocycles. The Balaban J connectivity index is 1.64. The number of aromatic nitrogens is 1. The first kappa shape index (κ1) is 19.4. The second-order valence-electron chi connectivity index (χ2n) is 6.03. The maximum atomic E-state index is 12.4. The summed E-state index contributed by atoms with van der Waals surface area (Å²) in [6, 6.07) is 16.2. The molecule has 1 aromatic heterocycles. The molecular formula is C21H18N2O4S. The van der Waals surface area contributed by atoms with E-state index in [0.717, 1.165) is 5.56 Å². The number of anilines is 1. The van der Waals surface area contributed by atoms with Gasteiger partial charge in [-0.2, -0.15) is 0 Å². The lowest BCUT2D eigenvalue weighted by molar-refractivity contribution is -0.119. The van der Waals surface area contributed by atoms with Crippen molar-refractivity contribution in [1.82, 2.24) is 4.98 Å². The van der Waals surface area contributed by atoms with Gasteiger partial charge < -0.3 is 10.1 Å². The minimum atomic E-state index is -0.604. The van der Waals surface area contributed by atoms with Crippen LogP contribution in [-0.2, 0) is 9.53 Å². The molecule has 1 amide bonds. The molecule has 28 heavy (non-hydrogen) atoms. The van der Waals surface area contributed by atoms with Crippen molar-refractivity contribution in [2.45, 2.75) is 13.8 Å². The second-order valence-corrected chi connectivity index (χ2v) is 7.02. The number of aryl methyl sites for hydroxylation is 1. The van der Waals surface area contributed by atoms with Crippen LogP contribution in [0.4, 0.5) is 5.69 Å². The van der Waals surface area contributed by atoms with Crippen LogP contribution >= 0.6 is 11.3 Å². The highest BCUT2D eigenvalue weighted by molar-refractivity contribution is 7.17. The highest BCUT2D eigenvalue weighted by Crippen LogP contribution is 2.28. The second kappa shape index (κ2) is 8.58. The molecule has 142 valence electrons. The molecule has 0 saturated heterocycles. The van der Waals surface area contributed by atoms with Gasteiger partial charge in [-0.3, -0.25) is 9.59 Å². The van der Waals surface area contributed by atoms with Crippen molar-refractivity contribution in [2.24, 2.45) is 0 Å². The smallest absolute Gasteiger partial charge is 0.350 e. The third kappa shape index (κ3) is 4.50. The molecule has 0 unspecified atom stereocenters. The molecule has 0 radical (unpaired) electrons. The van der Waals surface area contributed by atoms with Gasteiger partial charge >= 0.3 is 5.97 Å². The van der Waals surface area contributed by atoms with Crippen molar-refractivity contribution >= 4 is 34.7 Å². The summed E-state index contributed by atoms with van der Waals surface area (Å²) in [5.41, 5.74) is 2.24. The molecule has 6 nitrogen and oxygen atoms in total. The maximum absolute atomic E-state index is 12.4. The summed E-state index contributed by atoms with van der Waals surface area (Å²) in [5, 5.41) is 3.31. The van der Waals surface area contributed by atoms with E-state index >= 15 is 0 Å². The number of hydrogen-bond donors (Lipinski definition) is 1. The molecule has 0 aliphatic heterocycles. The average Bonchev–Trinajstić information content (AvgIpc) is 3.09. The van der Waals surface area contributed by atoms with Gasteiger partial charge in [0.2, 0.25) is 0 Å². The summed E-state index contributed by atoms with van der Waals surface area (Å²) >= 11 is 1.22. The Kier molecular flexibility index (Phi) is 5.96. The number of thiazole rings is 1. The molecular weight excluding hydrogens is 376 g/mol. The number of esters is 1. The fourth-order valence-corrected chi connectivity index (χ4v) is 3.54. The zero-order chi connectivity index (χ0) is 20.1. The van der Waals surface area contributed by atoms with Gasteiger partial charge in [0.15, 0.2) is 12.4 Å². The van der Waals surface area contributed by atoms with E-state index in [0.29, 0.717) is 26.8 Å². The Morgan fingerprint density at radius 3 is 2.43 bits per heavy atom. The number of carbonyl (C=O) groups is 3. The first-order valence-corrected chi connectivity index (χ1v) is 9.37. The van der Waals surface area contributed by atoms with Gasteiger partial charge in [-0.05, 0) is 26.0 Å². The monoisotopic (exact) mass is 394 g/mol. The Labute approximate surface area is 166 Å². The van der Waals surface area contributed by atoms with E-state index in [-0.39, 0.29) is 5.78 Å². The lowest BCUT2D eigenvalue weighted by atomic mass is 10.1. The van der Waals surface area contributed by atoms with Crippen molar-refractivity contribution < 1.29 is 19.1 Å². The fraction of sp³-hybridized carbons (Fsp3) is 0.143. The van der Waals surface area contributed by atoms with E-state index in [4.69, 9.17) is 4.74 Å². The number of benzene rings is 2. The molecule has 7 heteroatoms. The topological polar surface area (TPSA) is 85.4 Å². The van der Waals surface area contributed by atoms with Crippen molar-refractivity contribution in [3.05, 3.63) is 70.7 Å². The van der Waals surface area contributed by atoms with E-state index in [1.807, 2.05) is 30.3 Å². The maximum Gasteiger partial charge on any atom is 0.350 e. The van der Waals surface area contributed by atoms with Gasteiger partial charge in [-0.1, -0.05) is 42.5 Å². The number of hydrogen-bond acceptors (Lipinski definition) is 6.